The van der Waals surface area contributed by atoms with Crippen LogP contribution < -0.4 is 0 Å². The Balaban J connectivity index is 2.15. The van der Waals surface area contributed by atoms with Crippen LogP contribution in [-0.4, -0.2) is 41.2 Å². The van der Waals surface area contributed by atoms with Gasteiger partial charge in [0.2, 0.25) is 0 Å². The summed E-state index contributed by atoms with van der Waals surface area (Å²) < 4.78 is 5.25. The third-order valence-electron chi connectivity index (χ3n) is 2.94. The molecule has 6 heteroatoms. The number of nitro groups is 1. The summed E-state index contributed by atoms with van der Waals surface area (Å²) in [5.41, 5.74) is 1.47. The van der Waals surface area contributed by atoms with E-state index in [1.807, 2.05) is 6.07 Å². The van der Waals surface area contributed by atoms with Crippen LogP contribution >= 0.6 is 0 Å². The number of aliphatic hydroxyl groups is 1. The van der Waals surface area contributed by atoms with E-state index in [0.29, 0.717) is 25.3 Å². The van der Waals surface area contributed by atoms with Crippen LogP contribution in [0.15, 0.2) is 18.2 Å². The Morgan fingerprint density at radius 3 is 2.56 bits per heavy atom. The highest BCUT2D eigenvalue weighted by Gasteiger charge is 2.14. The highest BCUT2D eigenvalue weighted by atomic mass is 16.6. The maximum atomic E-state index is 10.8. The number of ether oxygens (including phenoxy) is 1. The molecule has 0 unspecified atom stereocenters. The zero-order valence-electron chi connectivity index (χ0n) is 10.0. The van der Waals surface area contributed by atoms with E-state index in [2.05, 4.69) is 4.90 Å². The van der Waals surface area contributed by atoms with E-state index in [9.17, 15) is 10.1 Å². The van der Waals surface area contributed by atoms with Crippen molar-refractivity contribution in [3.05, 3.63) is 39.4 Å². The van der Waals surface area contributed by atoms with E-state index in [0.717, 1.165) is 18.7 Å². The molecule has 1 N–H and O–H groups in total. The molecule has 6 nitrogen and oxygen atoms in total. The van der Waals surface area contributed by atoms with Crippen LogP contribution in [0.4, 0.5) is 5.69 Å². The van der Waals surface area contributed by atoms with Crippen molar-refractivity contribution in [3.8, 4) is 0 Å². The molecular weight excluding hydrogens is 236 g/mol. The second-order valence-electron chi connectivity index (χ2n) is 4.31. The molecule has 1 aliphatic heterocycles. The van der Waals surface area contributed by atoms with Crippen molar-refractivity contribution in [1.29, 1.82) is 0 Å². The minimum atomic E-state index is -0.429. The number of hydrogen-bond acceptors (Lipinski definition) is 5. The molecule has 0 aliphatic carbocycles. The summed E-state index contributed by atoms with van der Waals surface area (Å²) in [4.78, 5) is 12.6. The van der Waals surface area contributed by atoms with Crippen LogP contribution in [0.5, 0.6) is 0 Å². The van der Waals surface area contributed by atoms with E-state index in [-0.39, 0.29) is 12.3 Å². The second kappa shape index (κ2) is 5.90. The predicted octanol–water partition coefficient (Wildman–Crippen LogP) is 0.919. The molecule has 0 atom stereocenters. The highest BCUT2D eigenvalue weighted by Crippen LogP contribution is 2.19. The lowest BCUT2D eigenvalue weighted by Gasteiger charge is -2.26. The number of nitrogens with zero attached hydrogens (tertiary/aromatic N) is 2. The van der Waals surface area contributed by atoms with Crippen LogP contribution in [0.2, 0.25) is 0 Å². The minimum absolute atomic E-state index is 0.0322. The van der Waals surface area contributed by atoms with E-state index in [1.165, 1.54) is 6.07 Å². The highest BCUT2D eigenvalue weighted by molar-refractivity contribution is 5.39. The minimum Gasteiger partial charge on any atom is -0.392 e. The summed E-state index contributed by atoms with van der Waals surface area (Å²) in [5, 5.41) is 19.9. The SMILES string of the molecule is O=[N+]([O-])c1cc(CO)cc(CN2CCOCC2)c1. The van der Waals surface area contributed by atoms with Gasteiger partial charge in [-0.15, -0.1) is 0 Å². The molecule has 1 aromatic carbocycles. The molecule has 1 aromatic rings. The fraction of sp³-hybridized carbons (Fsp3) is 0.500. The standard InChI is InChI=1S/C12H16N2O4/c15-9-11-5-10(6-12(7-11)14(16)17)8-13-1-3-18-4-2-13/h5-7,15H,1-4,8-9H2. The maximum Gasteiger partial charge on any atom is 0.270 e. The van der Waals surface area contributed by atoms with Crippen molar-refractivity contribution in [2.45, 2.75) is 13.2 Å². The van der Waals surface area contributed by atoms with Gasteiger partial charge in [0.05, 0.1) is 24.7 Å². The van der Waals surface area contributed by atoms with Crippen LogP contribution in [-0.2, 0) is 17.9 Å². The molecule has 0 saturated carbocycles. The molecule has 0 aromatic heterocycles. The number of non-ortho nitro benzene ring substituents is 1. The van der Waals surface area contributed by atoms with E-state index < -0.39 is 4.92 Å². The summed E-state index contributed by atoms with van der Waals surface area (Å²) in [5.74, 6) is 0. The molecule has 18 heavy (non-hydrogen) atoms. The molecule has 0 spiro atoms. The molecule has 2 rings (SSSR count). The lowest BCUT2D eigenvalue weighted by molar-refractivity contribution is -0.385. The molecule has 1 heterocycles. The van der Waals surface area contributed by atoms with E-state index in [1.54, 1.807) is 6.07 Å². The fourth-order valence-electron chi connectivity index (χ4n) is 2.05. The zero-order valence-corrected chi connectivity index (χ0v) is 10.0. The Kier molecular flexibility index (Phi) is 4.24. The van der Waals surface area contributed by atoms with Crippen molar-refractivity contribution in [2.24, 2.45) is 0 Å². The molecule has 1 fully saturated rings. The van der Waals surface area contributed by atoms with Gasteiger partial charge >= 0.3 is 0 Å². The average molecular weight is 252 g/mol. The normalized spacial score (nSPS) is 16.7. The van der Waals surface area contributed by atoms with Crippen molar-refractivity contribution in [2.75, 3.05) is 26.3 Å². The Bertz CT molecular complexity index is 430. The molecule has 0 radical (unpaired) electrons. The van der Waals surface area contributed by atoms with Crippen LogP contribution in [0.1, 0.15) is 11.1 Å². The molecule has 0 amide bonds. The number of aliphatic hydroxyl groups excluding tert-OH is 1. The average Bonchev–Trinajstić information content (AvgIpc) is 2.39. The van der Waals surface area contributed by atoms with Crippen LogP contribution in [0.3, 0.4) is 0 Å². The predicted molar refractivity (Wildman–Crippen MR) is 65.1 cm³/mol. The van der Waals surface area contributed by atoms with Gasteiger partial charge in [-0.3, -0.25) is 15.0 Å². The summed E-state index contributed by atoms with van der Waals surface area (Å²) >= 11 is 0. The van der Waals surface area contributed by atoms with E-state index in [4.69, 9.17) is 9.84 Å². The van der Waals surface area contributed by atoms with Gasteiger partial charge < -0.3 is 9.84 Å². The lowest BCUT2D eigenvalue weighted by Crippen LogP contribution is -2.35. The first-order chi connectivity index (χ1) is 8.69. The van der Waals surface area contributed by atoms with Crippen molar-refractivity contribution < 1.29 is 14.8 Å². The van der Waals surface area contributed by atoms with Crippen molar-refractivity contribution >= 4 is 5.69 Å². The fourth-order valence-corrected chi connectivity index (χ4v) is 2.05. The van der Waals surface area contributed by atoms with Crippen LogP contribution in [0, 0.1) is 10.1 Å². The molecule has 0 bridgehead atoms. The quantitative estimate of drug-likeness (QED) is 0.637. The first-order valence-electron chi connectivity index (χ1n) is 5.87. The van der Waals surface area contributed by atoms with Gasteiger partial charge in [0.1, 0.15) is 0 Å². The Morgan fingerprint density at radius 2 is 1.94 bits per heavy atom. The lowest BCUT2D eigenvalue weighted by atomic mass is 10.1. The van der Waals surface area contributed by atoms with Crippen LogP contribution in [0.25, 0.3) is 0 Å². The van der Waals surface area contributed by atoms with Gasteiger partial charge in [-0.25, -0.2) is 0 Å². The summed E-state index contributed by atoms with van der Waals surface area (Å²) in [7, 11) is 0. The first kappa shape index (κ1) is 12.9. The number of morpholine rings is 1. The Labute approximate surface area is 105 Å². The van der Waals surface area contributed by atoms with Crippen molar-refractivity contribution in [3.63, 3.8) is 0 Å². The zero-order chi connectivity index (χ0) is 13.0. The van der Waals surface area contributed by atoms with Gasteiger partial charge in [0.15, 0.2) is 0 Å². The monoisotopic (exact) mass is 252 g/mol. The number of hydrogen-bond donors (Lipinski definition) is 1. The van der Waals surface area contributed by atoms with Gasteiger partial charge in [-0.1, -0.05) is 6.07 Å². The molecular formula is C12H16N2O4. The first-order valence-corrected chi connectivity index (χ1v) is 5.87. The Morgan fingerprint density at radius 1 is 1.28 bits per heavy atom. The summed E-state index contributed by atoms with van der Waals surface area (Å²) in [6.45, 7) is 3.52. The van der Waals surface area contributed by atoms with Gasteiger partial charge in [0.25, 0.3) is 5.69 Å². The number of rotatable bonds is 4. The number of nitro benzene ring substituents is 1. The molecule has 1 saturated heterocycles. The van der Waals surface area contributed by atoms with E-state index >= 15 is 0 Å². The van der Waals surface area contributed by atoms with Crippen molar-refractivity contribution in [1.82, 2.24) is 4.90 Å². The molecule has 1 aliphatic rings. The second-order valence-corrected chi connectivity index (χ2v) is 4.31. The Hall–Kier alpha value is -1.50. The largest absolute Gasteiger partial charge is 0.392 e. The smallest absolute Gasteiger partial charge is 0.270 e. The third kappa shape index (κ3) is 3.25. The molecule has 98 valence electrons. The summed E-state index contributed by atoms with van der Waals surface area (Å²) in [6, 6.07) is 4.78. The summed E-state index contributed by atoms with van der Waals surface area (Å²) in [6.07, 6.45) is 0. The third-order valence-corrected chi connectivity index (χ3v) is 2.94. The van der Waals surface area contributed by atoms with Gasteiger partial charge in [-0.05, 0) is 11.1 Å². The maximum absolute atomic E-state index is 10.8. The topological polar surface area (TPSA) is 75.8 Å². The number of benzene rings is 1. The van der Waals surface area contributed by atoms with Gasteiger partial charge in [-0.2, -0.15) is 0 Å². The van der Waals surface area contributed by atoms with Gasteiger partial charge in [0, 0.05) is 31.8 Å².